The van der Waals surface area contributed by atoms with Crippen LogP contribution >= 0.6 is 48.6 Å². The molecule has 0 aromatic heterocycles. The molecule has 2 saturated heterocycles. The number of halogens is 4. The molecule has 4 nitrogen and oxygen atoms in total. The van der Waals surface area contributed by atoms with Crippen molar-refractivity contribution < 1.29 is 4.39 Å². The van der Waals surface area contributed by atoms with Crippen LogP contribution in [0, 0.1) is 5.82 Å². The van der Waals surface area contributed by atoms with Crippen molar-refractivity contribution in [1.82, 2.24) is 20.0 Å². The van der Waals surface area contributed by atoms with Gasteiger partial charge in [0.2, 0.25) is 0 Å². The highest BCUT2D eigenvalue weighted by Crippen LogP contribution is 2.47. The number of nitrogens with zero attached hydrogens (tertiary/aromatic N) is 3. The van der Waals surface area contributed by atoms with E-state index in [1.165, 1.54) is 16.7 Å². The summed E-state index contributed by atoms with van der Waals surface area (Å²) in [5.41, 5.74) is 3.84. The third kappa shape index (κ3) is 5.97. The molecule has 1 N–H and O–H groups in total. The van der Waals surface area contributed by atoms with Crippen molar-refractivity contribution in [3.05, 3.63) is 70.0 Å². The average Bonchev–Trinajstić information content (AvgIpc) is 3.18. The maximum atomic E-state index is 13.5. The summed E-state index contributed by atoms with van der Waals surface area (Å²) in [6.45, 7) is 8.41. The number of fused-ring (bicyclic) bond motifs is 1. The second kappa shape index (κ2) is 12.2. The van der Waals surface area contributed by atoms with Crippen LogP contribution in [0.15, 0.2) is 42.5 Å². The summed E-state index contributed by atoms with van der Waals surface area (Å²) >= 11 is 11.8. The molecule has 2 aliphatic heterocycles. The Kier molecular flexibility index (Phi) is 9.84. The summed E-state index contributed by atoms with van der Waals surface area (Å²) in [4.78, 5) is 7.48. The van der Waals surface area contributed by atoms with Crippen LogP contribution in [0.5, 0.6) is 0 Å². The van der Waals surface area contributed by atoms with Crippen molar-refractivity contribution in [2.75, 3.05) is 52.4 Å². The molecule has 9 heteroatoms. The van der Waals surface area contributed by atoms with Crippen molar-refractivity contribution in [2.24, 2.45) is 0 Å². The van der Waals surface area contributed by atoms with Gasteiger partial charge in [0.05, 0.1) is 0 Å². The van der Waals surface area contributed by atoms with Crippen LogP contribution in [0.3, 0.4) is 0 Å². The van der Waals surface area contributed by atoms with Gasteiger partial charge in [-0.05, 0) is 66.0 Å². The van der Waals surface area contributed by atoms with Crippen LogP contribution in [0.2, 0.25) is 5.02 Å². The Morgan fingerprint density at radius 3 is 2.38 bits per heavy atom. The lowest BCUT2D eigenvalue weighted by molar-refractivity contribution is 0.0910. The van der Waals surface area contributed by atoms with E-state index in [0.29, 0.717) is 6.04 Å². The van der Waals surface area contributed by atoms with E-state index in [1.54, 1.807) is 12.1 Å². The van der Waals surface area contributed by atoms with Crippen LogP contribution in [-0.2, 0) is 0 Å². The molecule has 2 unspecified atom stereocenters. The summed E-state index contributed by atoms with van der Waals surface area (Å²) in [7, 11) is 0. The van der Waals surface area contributed by atoms with Gasteiger partial charge in [0.25, 0.3) is 0 Å². The molecular weight excluding hydrogens is 514 g/mol. The zero-order valence-corrected chi connectivity index (χ0v) is 22.3. The Morgan fingerprint density at radius 1 is 0.941 bits per heavy atom. The predicted octanol–water partition coefficient (Wildman–Crippen LogP) is 5.10. The average molecular weight is 546 g/mol. The molecule has 5 rings (SSSR count). The Bertz CT molecular complexity index is 969. The van der Waals surface area contributed by atoms with Crippen molar-refractivity contribution in [1.29, 1.82) is 0 Å². The number of hydrogen-bond acceptors (Lipinski definition) is 3. The summed E-state index contributed by atoms with van der Waals surface area (Å²) in [5.74, 6) is 0.0757. The van der Waals surface area contributed by atoms with Gasteiger partial charge >= 0.3 is 0 Å². The van der Waals surface area contributed by atoms with Crippen molar-refractivity contribution >= 4 is 53.7 Å². The second-order valence-electron chi connectivity index (χ2n) is 9.08. The van der Waals surface area contributed by atoms with Crippen molar-refractivity contribution in [3.8, 4) is 0 Å². The summed E-state index contributed by atoms with van der Waals surface area (Å²) in [6.07, 6.45) is 2.18. The van der Waals surface area contributed by atoms with Gasteiger partial charge < -0.3 is 10.2 Å². The van der Waals surface area contributed by atoms with Gasteiger partial charge in [0.15, 0.2) is 5.11 Å². The van der Waals surface area contributed by atoms with E-state index in [4.69, 9.17) is 23.8 Å². The van der Waals surface area contributed by atoms with Crippen LogP contribution in [0.1, 0.15) is 41.5 Å². The topological polar surface area (TPSA) is 21.8 Å². The molecular formula is C25H32Cl3FN4S. The number of rotatable bonds is 5. The van der Waals surface area contributed by atoms with Gasteiger partial charge in [-0.2, -0.15) is 0 Å². The Hall–Kier alpha value is -1.15. The number of piperazine rings is 1. The van der Waals surface area contributed by atoms with Gasteiger partial charge in [0.1, 0.15) is 5.82 Å². The largest absolute Gasteiger partial charge is 0.362 e. The third-order valence-corrected chi connectivity index (χ3v) is 7.85. The fourth-order valence-electron chi connectivity index (χ4n) is 5.44. The Morgan fingerprint density at radius 2 is 1.68 bits per heavy atom. The fourth-order valence-corrected chi connectivity index (χ4v) is 5.90. The van der Waals surface area contributed by atoms with Crippen LogP contribution in [0.4, 0.5) is 4.39 Å². The van der Waals surface area contributed by atoms with Gasteiger partial charge in [-0.1, -0.05) is 29.8 Å². The summed E-state index contributed by atoms with van der Waals surface area (Å²) in [6, 6.07) is 13.7. The number of hydrogen-bond donors (Lipinski definition) is 1. The maximum absolute atomic E-state index is 13.5. The van der Waals surface area contributed by atoms with E-state index < -0.39 is 0 Å². The standard InChI is InChI=1S/C25H30ClFN4S.2ClH/c26-19-4-7-21-23(16-19)22(18-2-5-20(27)6-3-18)17-24(21)30-13-10-29(11-14-30)12-15-31-9-1-8-28-25(31)32;;/h2-7,16,22,24H,1,8-15,17H2,(H,28,32);2*1H. The van der Waals surface area contributed by atoms with Crippen LogP contribution in [-0.4, -0.2) is 72.2 Å². The molecule has 3 aliphatic rings. The van der Waals surface area contributed by atoms with E-state index >= 15 is 0 Å². The monoisotopic (exact) mass is 544 g/mol. The highest BCUT2D eigenvalue weighted by atomic mass is 35.5. The van der Waals surface area contributed by atoms with E-state index in [0.717, 1.165) is 75.3 Å². The van der Waals surface area contributed by atoms with E-state index in [2.05, 4.69) is 32.1 Å². The first-order valence-electron chi connectivity index (χ1n) is 11.6. The van der Waals surface area contributed by atoms with Gasteiger partial charge in [0, 0.05) is 69.3 Å². The second-order valence-corrected chi connectivity index (χ2v) is 9.90. The van der Waals surface area contributed by atoms with Crippen molar-refractivity contribution in [2.45, 2.75) is 24.8 Å². The van der Waals surface area contributed by atoms with Crippen LogP contribution in [0.25, 0.3) is 0 Å². The molecule has 2 atom stereocenters. The molecule has 2 aromatic rings. The third-order valence-electron chi connectivity index (χ3n) is 7.22. The zero-order valence-electron chi connectivity index (χ0n) is 19.1. The van der Waals surface area contributed by atoms with Gasteiger partial charge in [-0.3, -0.25) is 9.80 Å². The Labute approximate surface area is 224 Å². The molecule has 0 amide bonds. The summed E-state index contributed by atoms with van der Waals surface area (Å²) < 4.78 is 13.5. The molecule has 2 aromatic carbocycles. The summed E-state index contributed by atoms with van der Waals surface area (Å²) in [5, 5.41) is 4.97. The molecule has 2 heterocycles. The number of thiocarbonyl (C=S) groups is 1. The van der Waals surface area contributed by atoms with Crippen LogP contribution < -0.4 is 5.32 Å². The lowest BCUT2D eigenvalue weighted by atomic mass is 9.93. The fraction of sp³-hybridized carbons (Fsp3) is 0.480. The molecule has 34 heavy (non-hydrogen) atoms. The maximum Gasteiger partial charge on any atom is 0.168 e. The first kappa shape index (κ1) is 27.4. The molecule has 2 fully saturated rings. The Balaban J connectivity index is 0.00000162. The quantitative estimate of drug-likeness (QED) is 0.527. The highest BCUT2D eigenvalue weighted by Gasteiger charge is 2.36. The SMILES string of the molecule is Cl.Cl.Fc1ccc(C2CC(N3CCN(CCN4CCCNC4=S)CC3)c3ccc(Cl)cc32)cc1. The molecule has 186 valence electrons. The molecule has 1 aliphatic carbocycles. The first-order chi connectivity index (χ1) is 15.6. The first-order valence-corrected chi connectivity index (χ1v) is 12.4. The zero-order chi connectivity index (χ0) is 22.1. The lowest BCUT2D eigenvalue weighted by Crippen LogP contribution is -2.52. The molecule has 0 radical (unpaired) electrons. The number of benzene rings is 2. The smallest absolute Gasteiger partial charge is 0.168 e. The van der Waals surface area contributed by atoms with E-state index in [9.17, 15) is 4.39 Å². The van der Waals surface area contributed by atoms with E-state index in [1.807, 2.05) is 18.2 Å². The lowest BCUT2D eigenvalue weighted by Gasteiger charge is -2.39. The predicted molar refractivity (Wildman–Crippen MR) is 146 cm³/mol. The minimum Gasteiger partial charge on any atom is -0.362 e. The normalized spacial score (nSPS) is 23.0. The van der Waals surface area contributed by atoms with Crippen molar-refractivity contribution in [3.63, 3.8) is 0 Å². The minimum atomic E-state index is -0.188. The van der Waals surface area contributed by atoms with E-state index in [-0.39, 0.29) is 36.5 Å². The highest BCUT2D eigenvalue weighted by molar-refractivity contribution is 7.80. The molecule has 0 spiro atoms. The number of nitrogens with one attached hydrogen (secondary N) is 1. The van der Waals surface area contributed by atoms with Gasteiger partial charge in [-0.25, -0.2) is 4.39 Å². The molecule has 0 bridgehead atoms. The minimum absolute atomic E-state index is 0. The molecule has 0 saturated carbocycles. The van der Waals surface area contributed by atoms with Gasteiger partial charge in [-0.15, -0.1) is 24.8 Å².